The highest BCUT2D eigenvalue weighted by Gasteiger charge is 2.26. The van der Waals surface area contributed by atoms with Crippen LogP contribution in [0.25, 0.3) is 5.78 Å². The van der Waals surface area contributed by atoms with E-state index in [4.69, 9.17) is 0 Å². The van der Waals surface area contributed by atoms with Gasteiger partial charge in [0.25, 0.3) is 5.78 Å². The van der Waals surface area contributed by atoms with Crippen molar-refractivity contribution in [3.05, 3.63) is 17.5 Å². The number of aryl methyl sites for hydroxylation is 2. The van der Waals surface area contributed by atoms with Gasteiger partial charge in [-0.3, -0.25) is 4.79 Å². The summed E-state index contributed by atoms with van der Waals surface area (Å²) in [6.07, 6.45) is 4.76. The van der Waals surface area contributed by atoms with Crippen LogP contribution in [0.3, 0.4) is 0 Å². The fraction of sp³-hybridized carbons (Fsp3) is 0.647. The summed E-state index contributed by atoms with van der Waals surface area (Å²) in [6, 6.07) is 2.27. The number of carbonyl (C=O) groups is 1. The van der Waals surface area contributed by atoms with Crippen LogP contribution in [-0.2, 0) is 4.79 Å². The van der Waals surface area contributed by atoms with E-state index in [1.54, 1.807) is 4.52 Å². The van der Waals surface area contributed by atoms with E-state index in [9.17, 15) is 4.79 Å². The van der Waals surface area contributed by atoms with Gasteiger partial charge in [-0.05, 0) is 45.6 Å². The number of carbonyl (C=O) groups excluding carboxylic acids is 1. The van der Waals surface area contributed by atoms with Gasteiger partial charge in [0.2, 0.25) is 11.1 Å². The SMILES string of the molecule is Cc1cc(C)n2nc(S[C@H](C)C(=O)N[C@@H]3CCCC[C@H]3C)nc2n1. The molecule has 3 rings (SSSR count). The number of rotatable bonds is 4. The van der Waals surface area contributed by atoms with Crippen LogP contribution >= 0.6 is 11.8 Å². The zero-order valence-corrected chi connectivity index (χ0v) is 15.6. The predicted molar refractivity (Wildman–Crippen MR) is 95.1 cm³/mol. The molecule has 1 amide bonds. The van der Waals surface area contributed by atoms with E-state index >= 15 is 0 Å². The third-order valence-electron chi connectivity index (χ3n) is 4.69. The number of nitrogens with zero attached hydrogens (tertiary/aromatic N) is 4. The average molecular weight is 347 g/mol. The molecular weight excluding hydrogens is 322 g/mol. The fourth-order valence-electron chi connectivity index (χ4n) is 3.24. The minimum Gasteiger partial charge on any atom is -0.352 e. The van der Waals surface area contributed by atoms with Gasteiger partial charge in [-0.2, -0.15) is 4.98 Å². The number of hydrogen-bond donors (Lipinski definition) is 1. The van der Waals surface area contributed by atoms with Crippen LogP contribution in [0.5, 0.6) is 0 Å². The minimum absolute atomic E-state index is 0.0680. The highest BCUT2D eigenvalue weighted by atomic mass is 32.2. The van der Waals surface area contributed by atoms with Crippen molar-refractivity contribution in [3.63, 3.8) is 0 Å². The Kier molecular flexibility index (Phi) is 5.08. The Balaban J connectivity index is 1.66. The molecule has 24 heavy (non-hydrogen) atoms. The molecule has 2 aromatic rings. The second-order valence-electron chi connectivity index (χ2n) is 6.78. The molecule has 2 heterocycles. The maximum atomic E-state index is 12.5. The second kappa shape index (κ2) is 7.09. The summed E-state index contributed by atoms with van der Waals surface area (Å²) in [5.74, 6) is 1.21. The molecule has 1 N–H and O–H groups in total. The molecule has 6 nitrogen and oxygen atoms in total. The van der Waals surface area contributed by atoms with Crippen LogP contribution in [-0.4, -0.2) is 36.8 Å². The van der Waals surface area contributed by atoms with Gasteiger partial charge in [0.05, 0.1) is 5.25 Å². The first-order valence-corrected chi connectivity index (χ1v) is 9.50. The molecule has 1 aliphatic rings. The van der Waals surface area contributed by atoms with Crippen molar-refractivity contribution in [2.75, 3.05) is 0 Å². The van der Waals surface area contributed by atoms with Gasteiger partial charge in [-0.25, -0.2) is 9.50 Å². The van der Waals surface area contributed by atoms with Crippen molar-refractivity contribution in [2.24, 2.45) is 5.92 Å². The van der Waals surface area contributed by atoms with Gasteiger partial charge < -0.3 is 5.32 Å². The summed E-state index contributed by atoms with van der Waals surface area (Å²) >= 11 is 1.39. The van der Waals surface area contributed by atoms with Gasteiger partial charge in [0, 0.05) is 17.4 Å². The fourth-order valence-corrected chi connectivity index (χ4v) is 3.99. The van der Waals surface area contributed by atoms with Crippen molar-refractivity contribution >= 4 is 23.4 Å². The highest BCUT2D eigenvalue weighted by molar-refractivity contribution is 8.00. The maximum Gasteiger partial charge on any atom is 0.253 e. The summed E-state index contributed by atoms with van der Waals surface area (Å²) < 4.78 is 1.73. The number of amides is 1. The first-order chi connectivity index (χ1) is 11.4. The molecule has 0 aliphatic heterocycles. The van der Waals surface area contributed by atoms with Gasteiger partial charge in [0.15, 0.2) is 0 Å². The monoisotopic (exact) mass is 347 g/mol. The van der Waals surface area contributed by atoms with Crippen molar-refractivity contribution in [1.29, 1.82) is 0 Å². The lowest BCUT2D eigenvalue weighted by atomic mass is 9.86. The molecule has 0 saturated heterocycles. The molecule has 0 radical (unpaired) electrons. The van der Waals surface area contributed by atoms with Crippen LogP contribution in [0, 0.1) is 19.8 Å². The second-order valence-corrected chi connectivity index (χ2v) is 8.09. The Morgan fingerprint density at radius 2 is 2.08 bits per heavy atom. The number of hydrogen-bond acceptors (Lipinski definition) is 5. The van der Waals surface area contributed by atoms with Crippen molar-refractivity contribution in [3.8, 4) is 0 Å². The minimum atomic E-state index is -0.224. The van der Waals surface area contributed by atoms with Gasteiger partial charge >= 0.3 is 0 Å². The Labute approximate surface area is 146 Å². The van der Waals surface area contributed by atoms with Crippen LogP contribution in [0.2, 0.25) is 0 Å². The van der Waals surface area contributed by atoms with Crippen molar-refractivity contribution in [1.82, 2.24) is 24.9 Å². The van der Waals surface area contributed by atoms with Crippen LogP contribution in [0.1, 0.15) is 50.9 Å². The largest absolute Gasteiger partial charge is 0.352 e. The first-order valence-electron chi connectivity index (χ1n) is 8.62. The van der Waals surface area contributed by atoms with Gasteiger partial charge in [-0.1, -0.05) is 31.5 Å². The van der Waals surface area contributed by atoms with Crippen LogP contribution < -0.4 is 5.32 Å². The van der Waals surface area contributed by atoms with Crippen LogP contribution in [0.15, 0.2) is 11.2 Å². The highest BCUT2D eigenvalue weighted by Crippen LogP contribution is 2.25. The molecule has 1 saturated carbocycles. The van der Waals surface area contributed by atoms with E-state index in [0.29, 0.717) is 22.9 Å². The zero-order valence-electron chi connectivity index (χ0n) is 14.7. The lowest BCUT2D eigenvalue weighted by molar-refractivity contribution is -0.121. The summed E-state index contributed by atoms with van der Waals surface area (Å²) in [7, 11) is 0. The van der Waals surface area contributed by atoms with E-state index in [2.05, 4.69) is 27.3 Å². The third-order valence-corrected chi connectivity index (χ3v) is 5.64. The number of nitrogens with one attached hydrogen (secondary N) is 1. The van der Waals surface area contributed by atoms with E-state index < -0.39 is 0 Å². The van der Waals surface area contributed by atoms with Gasteiger partial charge in [0.1, 0.15) is 0 Å². The molecule has 130 valence electrons. The molecular formula is C17H25N5OS. The maximum absolute atomic E-state index is 12.5. The van der Waals surface area contributed by atoms with E-state index in [0.717, 1.165) is 17.8 Å². The molecule has 0 spiro atoms. The normalized spacial score (nSPS) is 22.5. The summed E-state index contributed by atoms with van der Waals surface area (Å²) in [6.45, 7) is 8.05. The molecule has 1 aliphatic carbocycles. The third kappa shape index (κ3) is 3.71. The zero-order chi connectivity index (χ0) is 17.3. The molecule has 0 unspecified atom stereocenters. The van der Waals surface area contributed by atoms with E-state index in [1.165, 1.54) is 31.0 Å². The Hall–Kier alpha value is -1.63. The predicted octanol–water partition coefficient (Wildman–Crippen LogP) is 2.92. The first kappa shape index (κ1) is 17.2. The van der Waals surface area contributed by atoms with Crippen LogP contribution in [0.4, 0.5) is 0 Å². The van der Waals surface area contributed by atoms with E-state index in [-0.39, 0.29) is 11.2 Å². The van der Waals surface area contributed by atoms with Gasteiger partial charge in [-0.15, -0.1) is 5.10 Å². The molecule has 0 bridgehead atoms. The number of thioether (sulfide) groups is 1. The van der Waals surface area contributed by atoms with Crippen molar-refractivity contribution < 1.29 is 4.79 Å². The Morgan fingerprint density at radius 1 is 1.33 bits per heavy atom. The molecule has 0 aromatic carbocycles. The lowest BCUT2D eigenvalue weighted by Gasteiger charge is -2.30. The standard InChI is InChI=1S/C17H25N5OS/c1-10-7-5-6-8-14(10)19-15(23)13(4)24-17-20-16-18-11(2)9-12(3)22(16)21-17/h9-10,13-14H,5-8H2,1-4H3,(H,19,23)/t10-,13-,14-/m1/s1. The summed E-state index contributed by atoms with van der Waals surface area (Å²) in [4.78, 5) is 21.3. The molecule has 7 heteroatoms. The number of fused-ring (bicyclic) bond motifs is 1. The van der Waals surface area contributed by atoms with E-state index in [1.807, 2.05) is 26.8 Å². The average Bonchev–Trinajstić information content (AvgIpc) is 2.92. The lowest BCUT2D eigenvalue weighted by Crippen LogP contribution is -2.44. The molecule has 1 fully saturated rings. The quantitative estimate of drug-likeness (QED) is 0.861. The smallest absolute Gasteiger partial charge is 0.253 e. The Bertz CT molecular complexity index is 744. The molecule has 2 aromatic heterocycles. The van der Waals surface area contributed by atoms with Crippen molar-refractivity contribution in [2.45, 2.75) is 69.8 Å². The number of aromatic nitrogens is 4. The summed E-state index contributed by atoms with van der Waals surface area (Å²) in [5.41, 5.74) is 1.91. The summed E-state index contributed by atoms with van der Waals surface area (Å²) in [5, 5.41) is 8.04. The topological polar surface area (TPSA) is 72.2 Å². The molecule has 3 atom stereocenters. The Morgan fingerprint density at radius 3 is 2.83 bits per heavy atom.